The number of unbranched alkanes of at least 4 members (excludes halogenated alkanes) is 4. The highest BCUT2D eigenvalue weighted by Crippen LogP contribution is 2.43. The van der Waals surface area contributed by atoms with Crippen molar-refractivity contribution in [3.63, 3.8) is 0 Å². The maximum Gasteiger partial charge on any atom is 0.472 e. The summed E-state index contributed by atoms with van der Waals surface area (Å²) in [6.07, 6.45) is 78.3. The van der Waals surface area contributed by atoms with Gasteiger partial charge in [0.15, 0.2) is 6.10 Å². The summed E-state index contributed by atoms with van der Waals surface area (Å²) in [6.45, 7) is 3.36. The van der Waals surface area contributed by atoms with Crippen molar-refractivity contribution in [2.45, 2.75) is 161 Å². The molecule has 0 saturated carbocycles. The van der Waals surface area contributed by atoms with Crippen molar-refractivity contribution >= 4 is 19.8 Å². The second-order valence-corrected chi connectivity index (χ2v) is 17.4. The molecule has 0 aliphatic rings. The van der Waals surface area contributed by atoms with Gasteiger partial charge in [-0.2, -0.15) is 0 Å². The molecular formula is C59H90NO8P. The zero-order chi connectivity index (χ0) is 50.2. The zero-order valence-corrected chi connectivity index (χ0v) is 43.4. The van der Waals surface area contributed by atoms with Crippen LogP contribution < -0.4 is 5.73 Å². The molecule has 0 aliphatic carbocycles. The summed E-state index contributed by atoms with van der Waals surface area (Å²) in [5.41, 5.74) is 5.36. The van der Waals surface area contributed by atoms with Crippen LogP contribution >= 0.6 is 7.82 Å². The van der Waals surface area contributed by atoms with Crippen LogP contribution in [0.15, 0.2) is 170 Å². The minimum atomic E-state index is -4.42. The highest BCUT2D eigenvalue weighted by Gasteiger charge is 2.26. The van der Waals surface area contributed by atoms with Crippen LogP contribution in [0.25, 0.3) is 0 Å². The molecule has 0 aromatic rings. The van der Waals surface area contributed by atoms with Crippen LogP contribution in [0.3, 0.4) is 0 Å². The molecule has 0 heterocycles. The Kier molecular flexibility index (Phi) is 49.2. The first-order valence-corrected chi connectivity index (χ1v) is 27.1. The Bertz CT molecular complexity index is 1720. The number of carbonyl (C=O) groups excluding carboxylic acids is 2. The fourth-order valence-electron chi connectivity index (χ4n) is 5.90. The number of rotatable bonds is 45. The molecule has 9 nitrogen and oxygen atoms in total. The lowest BCUT2D eigenvalue weighted by Crippen LogP contribution is -2.29. The Morgan fingerprint density at radius 3 is 1.13 bits per heavy atom. The van der Waals surface area contributed by atoms with Gasteiger partial charge in [0, 0.05) is 19.4 Å². The van der Waals surface area contributed by atoms with Gasteiger partial charge in [-0.05, 0) is 122 Å². The molecule has 0 amide bonds. The molecule has 10 heteroatoms. The Morgan fingerprint density at radius 1 is 0.435 bits per heavy atom. The van der Waals surface area contributed by atoms with Crippen molar-refractivity contribution < 1.29 is 37.6 Å². The van der Waals surface area contributed by atoms with Crippen molar-refractivity contribution in [2.24, 2.45) is 5.73 Å². The average Bonchev–Trinajstić information content (AvgIpc) is 3.34. The number of hydrogen-bond acceptors (Lipinski definition) is 8. The van der Waals surface area contributed by atoms with E-state index in [0.29, 0.717) is 19.3 Å². The molecule has 0 spiro atoms. The molecule has 0 fully saturated rings. The molecule has 69 heavy (non-hydrogen) atoms. The second-order valence-electron chi connectivity index (χ2n) is 15.9. The maximum atomic E-state index is 12.6. The van der Waals surface area contributed by atoms with E-state index in [9.17, 15) is 19.0 Å². The third kappa shape index (κ3) is 52.6. The monoisotopic (exact) mass is 972 g/mol. The Balaban J connectivity index is 4.25. The average molecular weight is 972 g/mol. The highest BCUT2D eigenvalue weighted by atomic mass is 31.2. The zero-order valence-electron chi connectivity index (χ0n) is 42.5. The van der Waals surface area contributed by atoms with E-state index in [1.54, 1.807) is 0 Å². The van der Waals surface area contributed by atoms with Crippen LogP contribution in [0.1, 0.15) is 155 Å². The van der Waals surface area contributed by atoms with E-state index in [4.69, 9.17) is 24.3 Å². The summed E-state index contributed by atoms with van der Waals surface area (Å²) < 4.78 is 32.8. The SMILES string of the molecule is CC/C=C\C/C=C\C/C=C\C/C=C\C/C=C\C/C=C\C/C=C\C/C=C\C/C=C\CCCCCC(=O)OC(COC(=O)CCC/C=C\C/C=C\C/C=C\C/C=C\C/C=C\CC)COP(=O)(O)OCCN. The predicted octanol–water partition coefficient (Wildman–Crippen LogP) is 15.9. The molecule has 0 rings (SSSR count). The van der Waals surface area contributed by atoms with E-state index in [1.165, 1.54) is 0 Å². The summed E-state index contributed by atoms with van der Waals surface area (Å²) >= 11 is 0. The summed E-state index contributed by atoms with van der Waals surface area (Å²) in [6, 6.07) is 0. The van der Waals surface area contributed by atoms with Crippen LogP contribution in [-0.4, -0.2) is 49.3 Å². The molecule has 0 aliphatic heterocycles. The Labute approximate surface area is 419 Å². The molecule has 3 N–H and O–H groups in total. The number of esters is 2. The van der Waals surface area contributed by atoms with Gasteiger partial charge < -0.3 is 20.1 Å². The van der Waals surface area contributed by atoms with Crippen molar-refractivity contribution in [1.29, 1.82) is 0 Å². The first-order chi connectivity index (χ1) is 33.8. The predicted molar refractivity (Wildman–Crippen MR) is 293 cm³/mol. The quantitative estimate of drug-likeness (QED) is 0.0265. The van der Waals surface area contributed by atoms with Gasteiger partial charge in [0.1, 0.15) is 6.61 Å². The Hall–Kier alpha value is -4.63. The van der Waals surface area contributed by atoms with Gasteiger partial charge in [-0.15, -0.1) is 0 Å². The van der Waals surface area contributed by atoms with Crippen LogP contribution in [0.2, 0.25) is 0 Å². The van der Waals surface area contributed by atoms with Crippen molar-refractivity contribution in [1.82, 2.24) is 0 Å². The lowest BCUT2D eigenvalue weighted by Gasteiger charge is -2.19. The normalized spacial score (nSPS) is 14.6. The van der Waals surface area contributed by atoms with Gasteiger partial charge in [0.2, 0.25) is 0 Å². The van der Waals surface area contributed by atoms with Crippen LogP contribution in [-0.2, 0) is 32.7 Å². The molecule has 384 valence electrons. The smallest absolute Gasteiger partial charge is 0.462 e. The number of ether oxygens (including phenoxy) is 2. The molecule has 0 saturated heterocycles. The van der Waals surface area contributed by atoms with Gasteiger partial charge in [0.05, 0.1) is 13.2 Å². The molecule has 0 aromatic carbocycles. The topological polar surface area (TPSA) is 134 Å². The van der Waals surface area contributed by atoms with E-state index in [0.717, 1.165) is 109 Å². The van der Waals surface area contributed by atoms with Crippen LogP contribution in [0.4, 0.5) is 0 Å². The van der Waals surface area contributed by atoms with Gasteiger partial charge in [0.25, 0.3) is 0 Å². The molecule has 2 atom stereocenters. The first kappa shape index (κ1) is 64.4. The van der Waals surface area contributed by atoms with Crippen molar-refractivity contribution in [3.8, 4) is 0 Å². The molecule has 0 radical (unpaired) electrons. The van der Waals surface area contributed by atoms with E-state index >= 15 is 0 Å². The summed E-state index contributed by atoms with van der Waals surface area (Å²) in [5.74, 6) is -0.955. The standard InChI is InChI=1S/C59H90NO8P/c1-3-5-7-9-11-13-15-17-19-21-22-23-24-25-26-27-28-29-30-31-32-33-34-36-38-40-42-44-46-48-50-52-59(62)68-57(56-67-69(63,64)66-54-53-60)55-65-58(61)51-49-47-45-43-41-39-37-35-20-18-16-14-12-10-8-6-4-2/h5-8,11-14,17-20,22-23,25-26,28-29,31-32,34,36-37,39-40,42-43,45,57H,3-4,9-10,15-16,21,24,27,30,33,35,38,41,44,46-56,60H2,1-2H3,(H,63,64)/b7-5-,8-6-,13-11-,14-12-,19-17-,20-18-,23-22-,26-25-,29-28-,32-31-,36-34-,39-37-,42-40-,45-43-. The Morgan fingerprint density at radius 2 is 0.768 bits per heavy atom. The third-order valence-corrected chi connectivity index (χ3v) is 10.6. The van der Waals surface area contributed by atoms with Gasteiger partial charge in [-0.25, -0.2) is 4.57 Å². The molecule has 0 bridgehead atoms. The van der Waals surface area contributed by atoms with E-state index in [2.05, 4.69) is 178 Å². The third-order valence-electron chi connectivity index (χ3n) is 9.60. The number of nitrogens with two attached hydrogens (primary N) is 1. The number of allylic oxidation sites excluding steroid dienone is 28. The second kappa shape index (κ2) is 52.7. The maximum absolute atomic E-state index is 12.6. The fourth-order valence-corrected chi connectivity index (χ4v) is 6.66. The van der Waals surface area contributed by atoms with Crippen molar-refractivity contribution in [2.75, 3.05) is 26.4 Å². The van der Waals surface area contributed by atoms with E-state index < -0.39 is 32.5 Å². The minimum Gasteiger partial charge on any atom is -0.462 e. The number of carbonyl (C=O) groups is 2. The number of hydrogen-bond donors (Lipinski definition) is 2. The van der Waals surface area contributed by atoms with Crippen molar-refractivity contribution in [3.05, 3.63) is 170 Å². The molecule has 2 unspecified atom stereocenters. The summed E-state index contributed by atoms with van der Waals surface area (Å²) in [5, 5.41) is 0. The minimum absolute atomic E-state index is 0.0293. The highest BCUT2D eigenvalue weighted by molar-refractivity contribution is 7.47. The number of phosphoric acid groups is 1. The summed E-state index contributed by atoms with van der Waals surface area (Å²) in [7, 11) is -4.42. The van der Waals surface area contributed by atoms with Gasteiger partial charge >= 0.3 is 19.8 Å². The van der Waals surface area contributed by atoms with E-state index in [-0.39, 0.29) is 32.6 Å². The van der Waals surface area contributed by atoms with Crippen LogP contribution in [0.5, 0.6) is 0 Å². The largest absolute Gasteiger partial charge is 0.472 e. The molecular weight excluding hydrogens is 882 g/mol. The first-order valence-electron chi connectivity index (χ1n) is 25.6. The van der Waals surface area contributed by atoms with Gasteiger partial charge in [-0.1, -0.05) is 190 Å². The lowest BCUT2D eigenvalue weighted by atomic mass is 10.1. The van der Waals surface area contributed by atoms with Gasteiger partial charge in [-0.3, -0.25) is 18.6 Å². The molecule has 0 aromatic heterocycles. The van der Waals surface area contributed by atoms with E-state index in [1.807, 2.05) is 6.08 Å². The fraction of sp³-hybridized carbons (Fsp3) is 0.492. The number of phosphoric ester groups is 1. The lowest BCUT2D eigenvalue weighted by molar-refractivity contribution is -0.161. The summed E-state index contributed by atoms with van der Waals surface area (Å²) in [4.78, 5) is 35.0. The van der Waals surface area contributed by atoms with Crippen LogP contribution in [0, 0.1) is 0 Å².